The van der Waals surface area contributed by atoms with Gasteiger partial charge in [-0.05, 0) is 18.8 Å². The van der Waals surface area contributed by atoms with Crippen LogP contribution in [-0.4, -0.2) is 9.55 Å². The first-order valence-corrected chi connectivity index (χ1v) is 5.71. The molecule has 1 aliphatic rings. The van der Waals surface area contributed by atoms with Crippen LogP contribution < -0.4 is 17.0 Å². The lowest BCUT2D eigenvalue weighted by atomic mass is 9.86. The molecule has 2 atom stereocenters. The molecule has 1 aliphatic carbocycles. The normalized spacial score (nSPS) is 25.6. The second kappa shape index (κ2) is 4.15. The van der Waals surface area contributed by atoms with Crippen LogP contribution >= 0.6 is 0 Å². The molecular weight excluding hydrogens is 206 g/mol. The summed E-state index contributed by atoms with van der Waals surface area (Å²) in [6, 6.07) is 1.40. The Morgan fingerprint density at radius 2 is 2.06 bits per heavy atom. The van der Waals surface area contributed by atoms with E-state index in [1.165, 1.54) is 17.1 Å². The first-order chi connectivity index (χ1) is 7.59. The fourth-order valence-corrected chi connectivity index (χ4v) is 2.55. The smallest absolute Gasteiger partial charge is 0.330 e. The zero-order valence-electron chi connectivity index (χ0n) is 9.40. The molecule has 16 heavy (non-hydrogen) atoms. The number of aromatic amines is 1. The number of nitrogens with one attached hydrogen (secondary N) is 1. The maximum atomic E-state index is 11.7. The Hall–Kier alpha value is -1.52. The van der Waals surface area contributed by atoms with Gasteiger partial charge in [0.15, 0.2) is 0 Å². The molecule has 2 rings (SSSR count). The number of nitrogens with two attached hydrogens (primary N) is 1. The van der Waals surface area contributed by atoms with Gasteiger partial charge >= 0.3 is 5.69 Å². The number of aromatic nitrogens is 2. The molecule has 1 aromatic heterocycles. The van der Waals surface area contributed by atoms with E-state index in [1.807, 2.05) is 0 Å². The Kier molecular flexibility index (Phi) is 2.85. The van der Waals surface area contributed by atoms with E-state index in [0.29, 0.717) is 5.92 Å². The Morgan fingerprint density at radius 3 is 2.69 bits per heavy atom. The molecule has 0 aliphatic heterocycles. The van der Waals surface area contributed by atoms with E-state index in [1.54, 1.807) is 0 Å². The zero-order chi connectivity index (χ0) is 11.7. The highest BCUT2D eigenvalue weighted by molar-refractivity contribution is 5.27. The van der Waals surface area contributed by atoms with Crippen molar-refractivity contribution in [2.45, 2.75) is 38.6 Å². The standard InChI is InChI=1S/C11H17N3O2/c1-7-4-2-3-5-8(7)14-9(12)6-10(15)13-11(14)16/h6-8H,2-5,12H2,1H3,(H,13,15,16). The van der Waals surface area contributed by atoms with E-state index < -0.39 is 5.56 Å². The molecule has 1 heterocycles. The van der Waals surface area contributed by atoms with Crippen LogP contribution in [-0.2, 0) is 0 Å². The lowest BCUT2D eigenvalue weighted by Crippen LogP contribution is -2.37. The summed E-state index contributed by atoms with van der Waals surface area (Å²) in [4.78, 5) is 25.1. The number of nitrogens with zero attached hydrogens (tertiary/aromatic N) is 1. The molecule has 5 heteroatoms. The highest BCUT2D eigenvalue weighted by Gasteiger charge is 2.25. The van der Waals surface area contributed by atoms with Crippen molar-refractivity contribution in [3.63, 3.8) is 0 Å². The summed E-state index contributed by atoms with van der Waals surface area (Å²) in [6.07, 6.45) is 4.38. The van der Waals surface area contributed by atoms with Gasteiger partial charge in [-0.2, -0.15) is 0 Å². The molecular formula is C11H17N3O2. The number of H-pyrrole nitrogens is 1. The SMILES string of the molecule is CC1CCCCC1n1c(N)cc(=O)[nH]c1=O. The number of anilines is 1. The molecule has 3 N–H and O–H groups in total. The quantitative estimate of drug-likeness (QED) is 0.741. The summed E-state index contributed by atoms with van der Waals surface area (Å²) in [7, 11) is 0. The van der Waals surface area contributed by atoms with Crippen molar-refractivity contribution in [2.75, 3.05) is 5.73 Å². The van der Waals surface area contributed by atoms with Crippen molar-refractivity contribution in [2.24, 2.45) is 5.92 Å². The van der Waals surface area contributed by atoms with E-state index in [2.05, 4.69) is 11.9 Å². The van der Waals surface area contributed by atoms with Gasteiger partial charge in [0, 0.05) is 12.1 Å². The van der Waals surface area contributed by atoms with Gasteiger partial charge in [-0.15, -0.1) is 0 Å². The number of hydrogen-bond acceptors (Lipinski definition) is 3. The van der Waals surface area contributed by atoms with Crippen molar-refractivity contribution in [1.29, 1.82) is 0 Å². The number of nitrogen functional groups attached to an aromatic ring is 1. The van der Waals surface area contributed by atoms with E-state index in [4.69, 9.17) is 5.73 Å². The van der Waals surface area contributed by atoms with E-state index in [9.17, 15) is 9.59 Å². The average molecular weight is 223 g/mol. The van der Waals surface area contributed by atoms with Gasteiger partial charge < -0.3 is 5.73 Å². The first kappa shape index (κ1) is 11.0. The monoisotopic (exact) mass is 223 g/mol. The molecule has 0 aromatic carbocycles. The van der Waals surface area contributed by atoms with E-state index in [0.717, 1.165) is 19.3 Å². The molecule has 0 saturated heterocycles. The summed E-state index contributed by atoms with van der Waals surface area (Å²) in [5.41, 5.74) is 4.94. The van der Waals surface area contributed by atoms with E-state index in [-0.39, 0.29) is 17.5 Å². The Labute approximate surface area is 93.3 Å². The van der Waals surface area contributed by atoms with Crippen molar-refractivity contribution in [3.8, 4) is 0 Å². The minimum atomic E-state index is -0.429. The molecule has 1 aromatic rings. The molecule has 88 valence electrons. The molecule has 0 amide bonds. The van der Waals surface area contributed by atoms with Crippen LogP contribution in [0.25, 0.3) is 0 Å². The molecule has 0 spiro atoms. The van der Waals surface area contributed by atoms with Gasteiger partial charge in [-0.25, -0.2) is 4.79 Å². The second-order valence-electron chi connectivity index (χ2n) is 4.56. The van der Waals surface area contributed by atoms with Gasteiger partial charge in [0.05, 0.1) is 0 Å². The highest BCUT2D eigenvalue weighted by Crippen LogP contribution is 2.33. The van der Waals surface area contributed by atoms with Crippen LogP contribution in [0.15, 0.2) is 15.7 Å². The molecule has 2 unspecified atom stereocenters. The third-order valence-electron chi connectivity index (χ3n) is 3.40. The molecule has 0 radical (unpaired) electrons. The minimum absolute atomic E-state index is 0.123. The summed E-state index contributed by atoms with van der Waals surface area (Å²) in [5, 5.41) is 0. The third-order valence-corrected chi connectivity index (χ3v) is 3.40. The van der Waals surface area contributed by atoms with Crippen LogP contribution in [0.4, 0.5) is 5.82 Å². The topological polar surface area (TPSA) is 80.9 Å². The van der Waals surface area contributed by atoms with Gasteiger partial charge in [0.1, 0.15) is 5.82 Å². The van der Waals surface area contributed by atoms with Crippen molar-refractivity contribution in [3.05, 3.63) is 26.9 Å². The van der Waals surface area contributed by atoms with Crippen LogP contribution in [0.3, 0.4) is 0 Å². The summed E-state index contributed by atoms with van der Waals surface area (Å²) < 4.78 is 1.53. The highest BCUT2D eigenvalue weighted by atomic mass is 16.2. The van der Waals surface area contributed by atoms with Gasteiger partial charge in [0.2, 0.25) is 0 Å². The Bertz CT molecular complexity index is 489. The average Bonchev–Trinajstić information content (AvgIpc) is 2.19. The van der Waals surface area contributed by atoms with Crippen molar-refractivity contribution >= 4 is 5.82 Å². The largest absolute Gasteiger partial charge is 0.385 e. The third kappa shape index (κ3) is 1.89. The van der Waals surface area contributed by atoms with Gasteiger partial charge in [-0.3, -0.25) is 14.3 Å². The first-order valence-electron chi connectivity index (χ1n) is 5.71. The zero-order valence-corrected chi connectivity index (χ0v) is 9.40. The summed E-state index contributed by atoms with van der Waals surface area (Å²) in [5.74, 6) is 0.701. The lowest BCUT2D eigenvalue weighted by molar-refractivity contribution is 0.252. The molecule has 1 fully saturated rings. The molecule has 1 saturated carbocycles. The number of rotatable bonds is 1. The maximum absolute atomic E-state index is 11.7. The van der Waals surface area contributed by atoms with Crippen LogP contribution in [0.1, 0.15) is 38.6 Å². The summed E-state index contributed by atoms with van der Waals surface area (Å²) >= 11 is 0. The predicted octanol–water partition coefficient (Wildman–Crippen LogP) is 0.870. The lowest BCUT2D eigenvalue weighted by Gasteiger charge is -2.30. The van der Waals surface area contributed by atoms with Gasteiger partial charge in [0.25, 0.3) is 5.56 Å². The Morgan fingerprint density at radius 1 is 1.38 bits per heavy atom. The second-order valence-corrected chi connectivity index (χ2v) is 4.56. The fraction of sp³-hybridized carbons (Fsp3) is 0.636. The van der Waals surface area contributed by atoms with Crippen LogP contribution in [0.5, 0.6) is 0 Å². The molecule has 5 nitrogen and oxygen atoms in total. The maximum Gasteiger partial charge on any atom is 0.330 e. The summed E-state index contributed by atoms with van der Waals surface area (Å²) in [6.45, 7) is 2.13. The fourth-order valence-electron chi connectivity index (χ4n) is 2.55. The van der Waals surface area contributed by atoms with Crippen molar-refractivity contribution < 1.29 is 0 Å². The van der Waals surface area contributed by atoms with Gasteiger partial charge in [-0.1, -0.05) is 19.8 Å². The molecule has 0 bridgehead atoms. The number of hydrogen-bond donors (Lipinski definition) is 2. The van der Waals surface area contributed by atoms with Crippen LogP contribution in [0, 0.1) is 5.92 Å². The van der Waals surface area contributed by atoms with E-state index >= 15 is 0 Å². The minimum Gasteiger partial charge on any atom is -0.385 e. The predicted molar refractivity (Wildman–Crippen MR) is 62.4 cm³/mol. The van der Waals surface area contributed by atoms with Crippen LogP contribution in [0.2, 0.25) is 0 Å². The van der Waals surface area contributed by atoms with Crippen molar-refractivity contribution in [1.82, 2.24) is 9.55 Å². The Balaban J connectivity index is 2.47.